The number of piperazine rings is 1. The Kier molecular flexibility index (Phi) is 4.59. The number of fused-ring (bicyclic) bond motifs is 4. The smallest absolute Gasteiger partial charge is 0.254 e. The number of H-pyrrole nitrogens is 1. The van der Waals surface area contributed by atoms with Gasteiger partial charge in [-0.25, -0.2) is 0 Å². The Balaban J connectivity index is 1.49. The van der Waals surface area contributed by atoms with Gasteiger partial charge in [0.05, 0.1) is 0 Å². The molecule has 0 bridgehead atoms. The van der Waals surface area contributed by atoms with Gasteiger partial charge in [0.15, 0.2) is 0 Å². The predicted octanol–water partition coefficient (Wildman–Crippen LogP) is 5.11. The third-order valence-electron chi connectivity index (χ3n) is 6.91. The average Bonchev–Trinajstić information content (AvgIpc) is 3.23. The first-order valence-corrected chi connectivity index (χ1v) is 11.4. The van der Waals surface area contributed by atoms with Crippen molar-refractivity contribution >= 4 is 44.2 Å². The zero-order valence-corrected chi connectivity index (χ0v) is 18.6. The maximum absolute atomic E-state index is 13.1. The summed E-state index contributed by atoms with van der Waals surface area (Å²) in [6.45, 7) is 3.38. The lowest BCUT2D eigenvalue weighted by atomic mass is 9.94. The molecule has 1 amide bonds. The van der Waals surface area contributed by atoms with Crippen molar-refractivity contribution in [1.82, 2.24) is 14.8 Å². The maximum Gasteiger partial charge on any atom is 0.254 e. The first-order chi connectivity index (χ1) is 16.1. The van der Waals surface area contributed by atoms with Crippen molar-refractivity contribution in [1.29, 1.82) is 0 Å². The molecule has 0 spiro atoms. The zero-order valence-electron chi connectivity index (χ0n) is 18.6. The minimum atomic E-state index is 0.105. The van der Waals surface area contributed by atoms with E-state index in [9.17, 15) is 4.79 Å². The minimum Gasteiger partial charge on any atom is -0.398 e. The van der Waals surface area contributed by atoms with Crippen LogP contribution in [0.5, 0.6) is 0 Å². The molecule has 6 rings (SSSR count). The number of nitrogens with two attached hydrogens (primary N) is 1. The fourth-order valence-corrected chi connectivity index (χ4v) is 5.06. The van der Waals surface area contributed by atoms with E-state index in [-0.39, 0.29) is 5.91 Å². The number of aromatic nitrogens is 1. The van der Waals surface area contributed by atoms with E-state index < -0.39 is 0 Å². The van der Waals surface area contributed by atoms with Crippen molar-refractivity contribution in [2.75, 3.05) is 39.0 Å². The Morgan fingerprint density at radius 1 is 0.788 bits per heavy atom. The second kappa shape index (κ2) is 7.64. The minimum absolute atomic E-state index is 0.105. The third kappa shape index (κ3) is 3.24. The molecule has 1 saturated heterocycles. The van der Waals surface area contributed by atoms with Gasteiger partial charge in [0.1, 0.15) is 0 Å². The molecule has 0 aliphatic carbocycles. The number of hydrogen-bond acceptors (Lipinski definition) is 3. The van der Waals surface area contributed by atoms with Crippen molar-refractivity contribution in [3.05, 3.63) is 78.4 Å². The van der Waals surface area contributed by atoms with E-state index in [0.717, 1.165) is 75.7 Å². The van der Waals surface area contributed by atoms with Crippen molar-refractivity contribution in [3.8, 4) is 11.1 Å². The van der Waals surface area contributed by atoms with E-state index in [0.29, 0.717) is 0 Å². The Bertz CT molecular complexity index is 1530. The normalized spacial score (nSPS) is 15.0. The number of likely N-dealkylation sites (N-methyl/N-ethyl adjacent to an activating group) is 1. The number of nitrogens with zero attached hydrogens (tertiary/aromatic N) is 2. The first-order valence-electron chi connectivity index (χ1n) is 11.4. The van der Waals surface area contributed by atoms with E-state index >= 15 is 0 Å². The first kappa shape index (κ1) is 19.8. The van der Waals surface area contributed by atoms with Gasteiger partial charge in [0.2, 0.25) is 0 Å². The molecule has 1 aliphatic rings. The van der Waals surface area contributed by atoms with Crippen molar-refractivity contribution < 1.29 is 4.79 Å². The molecule has 5 aromatic rings. The lowest BCUT2D eigenvalue weighted by Crippen LogP contribution is -2.47. The van der Waals surface area contributed by atoms with Crippen LogP contribution >= 0.6 is 0 Å². The van der Waals surface area contributed by atoms with E-state index in [2.05, 4.69) is 65.5 Å². The quantitative estimate of drug-likeness (QED) is 0.380. The number of nitrogens with one attached hydrogen (secondary N) is 1. The van der Waals surface area contributed by atoms with Crippen LogP contribution in [0.2, 0.25) is 0 Å². The number of carbonyl (C=O) groups is 1. The molecule has 1 aliphatic heterocycles. The summed E-state index contributed by atoms with van der Waals surface area (Å²) in [5.41, 5.74) is 12.1. The molecule has 0 unspecified atom stereocenters. The highest BCUT2D eigenvalue weighted by Gasteiger charge is 2.21. The summed E-state index contributed by atoms with van der Waals surface area (Å²) in [6.07, 6.45) is 0. The molecule has 0 saturated carbocycles. The van der Waals surface area contributed by atoms with Crippen LogP contribution in [0.15, 0.2) is 72.8 Å². The number of hydrogen-bond donors (Lipinski definition) is 2. The highest BCUT2D eigenvalue weighted by Crippen LogP contribution is 2.39. The summed E-state index contributed by atoms with van der Waals surface area (Å²) in [7, 11) is 2.10. The highest BCUT2D eigenvalue weighted by molar-refractivity contribution is 6.18. The Morgan fingerprint density at radius 2 is 1.58 bits per heavy atom. The number of rotatable bonds is 2. The predicted molar refractivity (Wildman–Crippen MR) is 137 cm³/mol. The average molecular weight is 435 g/mol. The lowest BCUT2D eigenvalue weighted by molar-refractivity contribution is 0.0664. The van der Waals surface area contributed by atoms with Gasteiger partial charge in [0, 0.05) is 64.6 Å². The molecule has 1 fully saturated rings. The molecule has 4 aromatic carbocycles. The summed E-state index contributed by atoms with van der Waals surface area (Å²) in [5, 5.41) is 4.49. The molecular formula is C28H26N4O. The van der Waals surface area contributed by atoms with E-state index in [4.69, 9.17) is 5.73 Å². The van der Waals surface area contributed by atoms with Gasteiger partial charge < -0.3 is 20.5 Å². The van der Waals surface area contributed by atoms with Gasteiger partial charge >= 0.3 is 0 Å². The van der Waals surface area contributed by atoms with Crippen LogP contribution in [-0.2, 0) is 0 Å². The summed E-state index contributed by atoms with van der Waals surface area (Å²) >= 11 is 0. The number of amides is 1. The topological polar surface area (TPSA) is 65.4 Å². The van der Waals surface area contributed by atoms with Crippen LogP contribution in [0.4, 0.5) is 5.69 Å². The number of nitrogen functional groups attached to an aromatic ring is 1. The molecule has 0 atom stereocenters. The van der Waals surface area contributed by atoms with Crippen LogP contribution in [-0.4, -0.2) is 53.9 Å². The molecule has 5 heteroatoms. The number of benzene rings is 4. The van der Waals surface area contributed by atoms with Crippen LogP contribution in [0.1, 0.15) is 10.4 Å². The number of aromatic amines is 1. The molecule has 164 valence electrons. The summed E-state index contributed by atoms with van der Waals surface area (Å²) in [5.74, 6) is 0.105. The summed E-state index contributed by atoms with van der Waals surface area (Å²) in [6, 6.07) is 24.8. The van der Waals surface area contributed by atoms with Crippen molar-refractivity contribution in [2.45, 2.75) is 0 Å². The molecule has 33 heavy (non-hydrogen) atoms. The molecule has 5 nitrogen and oxygen atoms in total. The van der Waals surface area contributed by atoms with Crippen LogP contribution < -0.4 is 5.73 Å². The van der Waals surface area contributed by atoms with Crippen LogP contribution in [0.25, 0.3) is 43.7 Å². The van der Waals surface area contributed by atoms with Gasteiger partial charge in [-0.15, -0.1) is 0 Å². The fourth-order valence-electron chi connectivity index (χ4n) is 5.06. The van der Waals surface area contributed by atoms with Gasteiger partial charge in [-0.3, -0.25) is 4.79 Å². The molecular weight excluding hydrogens is 408 g/mol. The largest absolute Gasteiger partial charge is 0.398 e. The Labute approximate surface area is 192 Å². The van der Waals surface area contributed by atoms with Crippen LogP contribution in [0, 0.1) is 0 Å². The van der Waals surface area contributed by atoms with Crippen LogP contribution in [0.3, 0.4) is 0 Å². The van der Waals surface area contributed by atoms with E-state index in [1.807, 2.05) is 29.2 Å². The molecule has 3 N–H and O–H groups in total. The lowest BCUT2D eigenvalue weighted by Gasteiger charge is -2.32. The number of anilines is 1. The molecule has 2 heterocycles. The molecule has 0 radical (unpaired) electrons. The van der Waals surface area contributed by atoms with Crippen molar-refractivity contribution in [3.63, 3.8) is 0 Å². The zero-order chi connectivity index (χ0) is 22.5. The summed E-state index contributed by atoms with van der Waals surface area (Å²) < 4.78 is 0. The Morgan fingerprint density at radius 3 is 2.39 bits per heavy atom. The van der Waals surface area contributed by atoms with Crippen molar-refractivity contribution in [2.24, 2.45) is 0 Å². The highest BCUT2D eigenvalue weighted by atomic mass is 16.2. The molecule has 1 aromatic heterocycles. The van der Waals surface area contributed by atoms with E-state index in [1.165, 1.54) is 5.39 Å². The SMILES string of the molecule is CN1CCN(C(=O)c2ccc3c(c2)[nH]c2cccc(-c4ccc(N)c5ccccc45)c23)CC1. The standard InChI is InChI=1S/C28H26N4O/c1-31-13-15-32(16-14-31)28(33)18-9-10-23-26(17-18)30-25-8-4-7-22(27(23)25)20-11-12-24(29)21-6-3-2-5-19(20)21/h2-12,17,30H,13-16,29H2,1H3. The van der Waals surface area contributed by atoms with E-state index in [1.54, 1.807) is 0 Å². The van der Waals surface area contributed by atoms with Gasteiger partial charge in [-0.1, -0.05) is 48.5 Å². The fraction of sp³-hybridized carbons (Fsp3) is 0.179. The Hall–Kier alpha value is -3.83. The summed E-state index contributed by atoms with van der Waals surface area (Å²) in [4.78, 5) is 20.9. The number of carbonyl (C=O) groups excluding carboxylic acids is 1. The monoisotopic (exact) mass is 434 g/mol. The maximum atomic E-state index is 13.1. The second-order valence-corrected chi connectivity index (χ2v) is 8.96. The second-order valence-electron chi connectivity index (χ2n) is 8.96. The van der Waals surface area contributed by atoms with Gasteiger partial charge in [-0.2, -0.15) is 0 Å². The third-order valence-corrected chi connectivity index (χ3v) is 6.91. The van der Waals surface area contributed by atoms with Gasteiger partial charge in [-0.05, 0) is 47.8 Å². The van der Waals surface area contributed by atoms with Gasteiger partial charge in [0.25, 0.3) is 5.91 Å².